The molecule has 0 saturated carbocycles. The van der Waals surface area contributed by atoms with Crippen molar-refractivity contribution in [1.29, 1.82) is 0 Å². The van der Waals surface area contributed by atoms with Gasteiger partial charge in [0.1, 0.15) is 23.7 Å². The minimum atomic E-state index is -1.80. The quantitative estimate of drug-likeness (QED) is 0.0855. The van der Waals surface area contributed by atoms with Gasteiger partial charge in [0.2, 0.25) is 11.7 Å². The van der Waals surface area contributed by atoms with Crippen LogP contribution in [0.3, 0.4) is 0 Å². The van der Waals surface area contributed by atoms with Gasteiger partial charge in [0.25, 0.3) is 11.6 Å². The molecule has 0 radical (unpaired) electrons. The highest BCUT2D eigenvalue weighted by Gasteiger charge is 2.66. The molecular formula is C25H29N3O10S. The monoisotopic (exact) mass is 563 g/mol. The highest BCUT2D eigenvalue weighted by Crippen LogP contribution is 2.46. The normalized spacial score (nSPS) is 21.4. The van der Waals surface area contributed by atoms with Crippen LogP contribution in [0, 0.1) is 0 Å². The molecule has 210 valence electrons. The number of fused-ring (bicyclic) bond motifs is 1. The van der Waals surface area contributed by atoms with Gasteiger partial charge in [-0.15, -0.1) is 11.8 Å². The molecule has 1 aromatic carbocycles. The first-order valence-electron chi connectivity index (χ1n) is 11.8. The first-order valence-corrected chi connectivity index (χ1v) is 12.8. The number of esters is 1. The number of carboxylic acid groups (broad SMARTS) is 2. The summed E-state index contributed by atoms with van der Waals surface area (Å²) in [6.07, 6.45) is 1.58. The molecule has 1 aromatic rings. The number of aliphatic carboxylic acids is 2. The van der Waals surface area contributed by atoms with Crippen LogP contribution >= 0.6 is 11.8 Å². The van der Waals surface area contributed by atoms with Crippen molar-refractivity contribution in [3.8, 4) is 0 Å². The summed E-state index contributed by atoms with van der Waals surface area (Å²) in [6, 6.07) is 7.78. The van der Waals surface area contributed by atoms with Crippen LogP contribution in [-0.4, -0.2) is 88.6 Å². The smallest absolute Gasteiger partial charge is 0.373 e. The summed E-state index contributed by atoms with van der Waals surface area (Å²) >= 11 is 1.13. The molecule has 1 fully saturated rings. The number of carboxylic acids is 2. The molecule has 2 aliphatic heterocycles. The van der Waals surface area contributed by atoms with E-state index in [9.17, 15) is 29.1 Å². The molecular weight excluding hydrogens is 534 g/mol. The van der Waals surface area contributed by atoms with Gasteiger partial charge in [-0.1, -0.05) is 30.3 Å². The number of ether oxygens (including phenoxy) is 3. The van der Waals surface area contributed by atoms with Gasteiger partial charge in [0, 0.05) is 24.9 Å². The van der Waals surface area contributed by atoms with E-state index in [4.69, 9.17) is 25.1 Å². The van der Waals surface area contributed by atoms with Crippen LogP contribution in [0.25, 0.3) is 6.08 Å². The number of carbonyl (C=O) groups excluding carboxylic acids is 3. The Balaban J connectivity index is 1.70. The van der Waals surface area contributed by atoms with E-state index in [1.807, 2.05) is 6.07 Å². The zero-order chi connectivity index (χ0) is 28.7. The van der Waals surface area contributed by atoms with Crippen molar-refractivity contribution in [3.05, 3.63) is 52.9 Å². The highest BCUT2D eigenvalue weighted by molar-refractivity contribution is 8.00. The Morgan fingerprint density at radius 3 is 2.51 bits per heavy atom. The van der Waals surface area contributed by atoms with Crippen molar-refractivity contribution in [2.45, 2.75) is 36.4 Å². The molecule has 39 heavy (non-hydrogen) atoms. The average molecular weight is 564 g/mol. The fourth-order valence-corrected chi connectivity index (χ4v) is 5.48. The highest BCUT2D eigenvalue weighted by atomic mass is 32.2. The van der Waals surface area contributed by atoms with Gasteiger partial charge in [-0.25, -0.2) is 9.59 Å². The van der Waals surface area contributed by atoms with E-state index in [1.54, 1.807) is 24.3 Å². The third kappa shape index (κ3) is 6.41. The second-order valence-electron chi connectivity index (χ2n) is 8.62. The number of benzene rings is 1. The third-order valence-corrected chi connectivity index (χ3v) is 7.47. The van der Waals surface area contributed by atoms with E-state index in [0.717, 1.165) is 16.7 Å². The molecule has 0 aromatic heterocycles. The zero-order valence-corrected chi connectivity index (χ0v) is 22.1. The molecule has 2 unspecified atom stereocenters. The fourth-order valence-electron chi connectivity index (χ4n) is 4.06. The Morgan fingerprint density at radius 2 is 1.92 bits per heavy atom. The van der Waals surface area contributed by atoms with Gasteiger partial charge in [0.15, 0.2) is 0 Å². The molecule has 3 rings (SSSR count). The number of nitrogens with zero attached hydrogens (tertiary/aromatic N) is 1. The minimum Gasteiger partial charge on any atom is -0.490 e. The predicted molar refractivity (Wildman–Crippen MR) is 137 cm³/mol. The SMILES string of the molecule is COC(=Cc1ccccc1)C(=O)OCC1=C(C(=O)O)N2C(=O)C(NC(=O)CCCC(N)C(=O)O)(OC)[C@H]2SC1. The van der Waals surface area contributed by atoms with E-state index in [0.29, 0.717) is 5.56 Å². The van der Waals surface area contributed by atoms with Crippen LogP contribution in [-0.2, 0) is 38.2 Å². The average Bonchev–Trinajstić information content (AvgIpc) is 2.92. The molecule has 0 aliphatic carbocycles. The van der Waals surface area contributed by atoms with Gasteiger partial charge in [0.05, 0.1) is 7.11 Å². The fraction of sp³-hybridized carbons (Fsp3) is 0.400. The van der Waals surface area contributed by atoms with Gasteiger partial charge >= 0.3 is 17.9 Å². The second kappa shape index (κ2) is 12.8. The van der Waals surface area contributed by atoms with E-state index < -0.39 is 53.5 Å². The molecule has 5 N–H and O–H groups in total. The molecule has 0 spiro atoms. The Kier molecular flexibility index (Phi) is 9.72. The van der Waals surface area contributed by atoms with Crippen LogP contribution < -0.4 is 11.1 Å². The molecule has 13 nitrogen and oxygen atoms in total. The van der Waals surface area contributed by atoms with E-state index >= 15 is 0 Å². The van der Waals surface area contributed by atoms with Gasteiger partial charge in [-0.3, -0.25) is 19.3 Å². The van der Waals surface area contributed by atoms with Crippen molar-refractivity contribution in [2.24, 2.45) is 5.73 Å². The third-order valence-electron chi connectivity index (χ3n) is 6.09. The molecule has 0 bridgehead atoms. The summed E-state index contributed by atoms with van der Waals surface area (Å²) < 4.78 is 15.8. The number of β-lactam (4-membered cyclic amide) rings is 1. The Bertz CT molecular complexity index is 1200. The molecule has 1 saturated heterocycles. The van der Waals surface area contributed by atoms with Crippen molar-refractivity contribution < 1.29 is 48.4 Å². The van der Waals surface area contributed by atoms with E-state index in [1.165, 1.54) is 20.3 Å². The summed E-state index contributed by atoms with van der Waals surface area (Å²) in [4.78, 5) is 62.2. The number of hydrogen-bond donors (Lipinski definition) is 4. The van der Waals surface area contributed by atoms with Crippen LogP contribution in [0.2, 0.25) is 0 Å². The lowest BCUT2D eigenvalue weighted by Gasteiger charge is -2.55. The number of thioether (sulfide) groups is 1. The van der Waals surface area contributed by atoms with Crippen molar-refractivity contribution in [2.75, 3.05) is 26.6 Å². The van der Waals surface area contributed by atoms with Crippen molar-refractivity contribution in [3.63, 3.8) is 0 Å². The number of hydrogen-bond acceptors (Lipinski definition) is 10. The van der Waals surface area contributed by atoms with Gasteiger partial charge in [-0.2, -0.15) is 0 Å². The Hall–Kier alpha value is -3.88. The topological polar surface area (TPSA) is 195 Å². The maximum absolute atomic E-state index is 13.2. The molecule has 14 heteroatoms. The van der Waals surface area contributed by atoms with Gasteiger partial charge < -0.3 is 35.5 Å². The number of nitrogens with two attached hydrogens (primary N) is 1. The maximum Gasteiger partial charge on any atom is 0.373 e. The number of rotatable bonds is 13. The summed E-state index contributed by atoms with van der Waals surface area (Å²) in [5.74, 6) is -4.83. The lowest BCUT2D eigenvalue weighted by Crippen LogP contribution is -2.80. The Morgan fingerprint density at radius 1 is 1.23 bits per heavy atom. The van der Waals surface area contributed by atoms with Crippen molar-refractivity contribution >= 4 is 47.6 Å². The number of nitrogens with one attached hydrogen (secondary N) is 1. The number of carbonyl (C=O) groups is 5. The van der Waals surface area contributed by atoms with Crippen LogP contribution in [0.15, 0.2) is 47.4 Å². The summed E-state index contributed by atoms with van der Waals surface area (Å²) in [5, 5.41) is 20.4. The second-order valence-corrected chi connectivity index (χ2v) is 9.69. The molecule has 2 heterocycles. The maximum atomic E-state index is 13.2. The molecule has 3 atom stereocenters. The minimum absolute atomic E-state index is 0.0558. The van der Waals surface area contributed by atoms with Crippen LogP contribution in [0.4, 0.5) is 0 Å². The summed E-state index contributed by atoms with van der Waals surface area (Å²) in [7, 11) is 2.51. The van der Waals surface area contributed by atoms with Crippen LogP contribution in [0.1, 0.15) is 24.8 Å². The lowest BCUT2D eigenvalue weighted by molar-refractivity contribution is -0.192. The standard InChI is InChI=1S/C25H29N3O10S/c1-36-17(11-14-7-4-3-5-8-14)22(34)38-12-15-13-39-24-25(37-2,23(35)28(24)19(15)21(32)33)27-18(29)10-6-9-16(26)20(30)31/h3-5,7-8,11,16,24H,6,9-10,12-13,26H2,1-2H3,(H,27,29)(H,30,31)(H,32,33)/t16?,24-,25?/m1/s1. The largest absolute Gasteiger partial charge is 0.490 e. The molecule has 2 amide bonds. The van der Waals surface area contributed by atoms with Crippen LogP contribution in [0.5, 0.6) is 0 Å². The Labute approximate surface area is 227 Å². The zero-order valence-electron chi connectivity index (χ0n) is 21.2. The number of amides is 2. The summed E-state index contributed by atoms with van der Waals surface area (Å²) in [6.45, 7) is -0.407. The van der Waals surface area contributed by atoms with E-state index in [2.05, 4.69) is 5.32 Å². The number of methoxy groups -OCH3 is 2. The lowest BCUT2D eigenvalue weighted by atomic mass is 9.97. The summed E-state index contributed by atoms with van der Waals surface area (Å²) in [5.41, 5.74) is 4.15. The first-order chi connectivity index (χ1) is 18.5. The van der Waals surface area contributed by atoms with Crippen molar-refractivity contribution in [1.82, 2.24) is 10.2 Å². The first kappa shape index (κ1) is 29.7. The van der Waals surface area contributed by atoms with E-state index in [-0.39, 0.29) is 42.0 Å². The molecule has 2 aliphatic rings. The van der Waals surface area contributed by atoms with Gasteiger partial charge in [-0.05, 0) is 24.5 Å². The predicted octanol–water partition coefficient (Wildman–Crippen LogP) is 0.512.